The second kappa shape index (κ2) is 6.72. The molecule has 1 aromatic carbocycles. The Hall–Kier alpha value is -0.510. The molecule has 1 spiro atoms. The van der Waals surface area contributed by atoms with Crippen LogP contribution in [0.3, 0.4) is 0 Å². The van der Waals surface area contributed by atoms with Gasteiger partial charge in [0.1, 0.15) is 0 Å². The standard InChI is InChI=1S/C18H26O2S/c1-14-4-6-16(7-5-14)21-13-17(19)15-8-11-20-18(12-15)9-2-3-10-18/h4-7,15,17,19H,2-3,8-13H2,1H3. The average molecular weight is 306 g/mol. The Kier molecular flexibility index (Phi) is 4.92. The Morgan fingerprint density at radius 2 is 2.00 bits per heavy atom. The minimum atomic E-state index is -0.210. The Morgan fingerprint density at radius 1 is 1.29 bits per heavy atom. The topological polar surface area (TPSA) is 29.5 Å². The predicted octanol–water partition coefficient (Wildman–Crippen LogP) is 4.19. The van der Waals surface area contributed by atoms with Gasteiger partial charge in [-0.2, -0.15) is 0 Å². The van der Waals surface area contributed by atoms with Gasteiger partial charge in [-0.1, -0.05) is 30.5 Å². The van der Waals surface area contributed by atoms with E-state index in [9.17, 15) is 5.11 Å². The summed E-state index contributed by atoms with van der Waals surface area (Å²) >= 11 is 1.77. The molecule has 116 valence electrons. The Morgan fingerprint density at radius 3 is 2.71 bits per heavy atom. The normalized spacial score (nSPS) is 26.1. The van der Waals surface area contributed by atoms with E-state index in [1.54, 1.807) is 11.8 Å². The zero-order chi connectivity index (χ0) is 14.7. The fourth-order valence-electron chi connectivity index (χ4n) is 3.71. The molecule has 2 atom stereocenters. The number of ether oxygens (including phenoxy) is 1. The Bertz CT molecular complexity index is 451. The van der Waals surface area contributed by atoms with E-state index < -0.39 is 0 Å². The molecule has 1 aliphatic heterocycles. The number of aryl methyl sites for hydroxylation is 1. The molecule has 2 nitrogen and oxygen atoms in total. The molecular weight excluding hydrogens is 280 g/mol. The van der Waals surface area contributed by atoms with Crippen LogP contribution < -0.4 is 0 Å². The van der Waals surface area contributed by atoms with Gasteiger partial charge in [-0.3, -0.25) is 0 Å². The molecule has 0 amide bonds. The fraction of sp³-hybridized carbons (Fsp3) is 0.667. The van der Waals surface area contributed by atoms with E-state index in [-0.39, 0.29) is 11.7 Å². The van der Waals surface area contributed by atoms with Gasteiger partial charge in [0.2, 0.25) is 0 Å². The third kappa shape index (κ3) is 3.82. The van der Waals surface area contributed by atoms with E-state index in [2.05, 4.69) is 31.2 Å². The Labute approximate surface area is 132 Å². The predicted molar refractivity (Wildman–Crippen MR) is 87.8 cm³/mol. The monoisotopic (exact) mass is 306 g/mol. The van der Waals surface area contributed by atoms with Gasteiger partial charge >= 0.3 is 0 Å². The molecule has 1 heterocycles. The summed E-state index contributed by atoms with van der Waals surface area (Å²) in [7, 11) is 0. The van der Waals surface area contributed by atoms with Crippen LogP contribution in [0.4, 0.5) is 0 Å². The van der Waals surface area contributed by atoms with Crippen LogP contribution in [0.25, 0.3) is 0 Å². The molecule has 1 N–H and O–H groups in total. The summed E-state index contributed by atoms with van der Waals surface area (Å²) in [6.07, 6.45) is 6.84. The second-order valence-electron chi connectivity index (χ2n) is 6.68. The highest BCUT2D eigenvalue weighted by Crippen LogP contribution is 2.43. The van der Waals surface area contributed by atoms with Crippen LogP contribution in [-0.2, 0) is 4.74 Å². The molecule has 0 bridgehead atoms. The van der Waals surface area contributed by atoms with Crippen molar-refractivity contribution in [3.8, 4) is 0 Å². The van der Waals surface area contributed by atoms with Gasteiger partial charge in [0.05, 0.1) is 11.7 Å². The summed E-state index contributed by atoms with van der Waals surface area (Å²) in [5.41, 5.74) is 1.39. The summed E-state index contributed by atoms with van der Waals surface area (Å²) in [6.45, 7) is 2.93. The number of aliphatic hydroxyl groups is 1. The second-order valence-corrected chi connectivity index (χ2v) is 7.78. The third-order valence-corrected chi connectivity index (χ3v) is 6.15. The molecule has 2 fully saturated rings. The smallest absolute Gasteiger partial charge is 0.0686 e. The van der Waals surface area contributed by atoms with Gasteiger partial charge in [0.25, 0.3) is 0 Å². The van der Waals surface area contributed by atoms with Crippen LogP contribution >= 0.6 is 11.8 Å². The fourth-order valence-corrected chi connectivity index (χ4v) is 4.68. The maximum atomic E-state index is 10.6. The highest BCUT2D eigenvalue weighted by atomic mass is 32.2. The minimum absolute atomic E-state index is 0.110. The van der Waals surface area contributed by atoms with Crippen LogP contribution in [0.2, 0.25) is 0 Å². The molecule has 1 aliphatic carbocycles. The molecule has 2 unspecified atom stereocenters. The Balaban J connectivity index is 1.52. The zero-order valence-electron chi connectivity index (χ0n) is 12.9. The lowest BCUT2D eigenvalue weighted by Crippen LogP contribution is -2.41. The van der Waals surface area contributed by atoms with Crippen molar-refractivity contribution in [1.29, 1.82) is 0 Å². The van der Waals surface area contributed by atoms with Gasteiger partial charge in [-0.15, -0.1) is 11.8 Å². The van der Waals surface area contributed by atoms with Crippen molar-refractivity contribution < 1.29 is 9.84 Å². The van der Waals surface area contributed by atoms with Gasteiger partial charge in [-0.25, -0.2) is 0 Å². The van der Waals surface area contributed by atoms with Crippen LogP contribution in [0.5, 0.6) is 0 Å². The summed E-state index contributed by atoms with van der Waals surface area (Å²) in [4.78, 5) is 1.25. The summed E-state index contributed by atoms with van der Waals surface area (Å²) in [5, 5.41) is 10.6. The van der Waals surface area contributed by atoms with Crippen molar-refractivity contribution >= 4 is 11.8 Å². The van der Waals surface area contributed by atoms with E-state index in [1.165, 1.54) is 36.1 Å². The summed E-state index contributed by atoms with van der Waals surface area (Å²) < 4.78 is 6.06. The molecule has 1 saturated carbocycles. The molecule has 2 aliphatic rings. The van der Waals surface area contributed by atoms with E-state index in [4.69, 9.17) is 4.74 Å². The number of rotatable bonds is 4. The quantitative estimate of drug-likeness (QED) is 0.846. The van der Waals surface area contributed by atoms with Crippen molar-refractivity contribution in [2.75, 3.05) is 12.4 Å². The van der Waals surface area contributed by atoms with Crippen molar-refractivity contribution in [2.24, 2.45) is 5.92 Å². The first kappa shape index (κ1) is 15.4. The maximum Gasteiger partial charge on any atom is 0.0686 e. The number of hydrogen-bond donors (Lipinski definition) is 1. The molecule has 1 saturated heterocycles. The third-order valence-electron chi connectivity index (χ3n) is 5.03. The molecule has 0 aromatic heterocycles. The highest BCUT2D eigenvalue weighted by molar-refractivity contribution is 7.99. The zero-order valence-corrected chi connectivity index (χ0v) is 13.7. The number of aliphatic hydroxyl groups excluding tert-OH is 1. The van der Waals surface area contributed by atoms with E-state index in [0.29, 0.717) is 5.92 Å². The molecule has 21 heavy (non-hydrogen) atoms. The van der Waals surface area contributed by atoms with Crippen LogP contribution in [-0.4, -0.2) is 29.2 Å². The van der Waals surface area contributed by atoms with Gasteiger partial charge in [0.15, 0.2) is 0 Å². The number of hydrogen-bond acceptors (Lipinski definition) is 3. The minimum Gasteiger partial charge on any atom is -0.392 e. The first-order valence-corrected chi connectivity index (χ1v) is 9.17. The molecule has 0 radical (unpaired) electrons. The molecule has 1 aromatic rings. The SMILES string of the molecule is Cc1ccc(SCC(O)C2CCOC3(CCCC3)C2)cc1. The number of benzene rings is 1. The maximum absolute atomic E-state index is 10.6. The lowest BCUT2D eigenvalue weighted by Gasteiger charge is -2.40. The van der Waals surface area contributed by atoms with Gasteiger partial charge in [0, 0.05) is 17.3 Å². The van der Waals surface area contributed by atoms with Crippen molar-refractivity contribution in [1.82, 2.24) is 0 Å². The largest absolute Gasteiger partial charge is 0.392 e. The van der Waals surface area contributed by atoms with Crippen molar-refractivity contribution in [2.45, 2.75) is 62.0 Å². The van der Waals surface area contributed by atoms with Crippen LogP contribution in [0.1, 0.15) is 44.1 Å². The summed E-state index contributed by atoms with van der Waals surface area (Å²) in [5.74, 6) is 1.21. The van der Waals surface area contributed by atoms with Gasteiger partial charge in [-0.05, 0) is 50.7 Å². The van der Waals surface area contributed by atoms with Crippen molar-refractivity contribution in [3.63, 3.8) is 0 Å². The molecule has 3 heteroatoms. The lowest BCUT2D eigenvalue weighted by molar-refractivity contribution is -0.109. The van der Waals surface area contributed by atoms with Crippen molar-refractivity contribution in [3.05, 3.63) is 29.8 Å². The van der Waals surface area contributed by atoms with E-state index >= 15 is 0 Å². The average Bonchev–Trinajstić information content (AvgIpc) is 2.94. The van der Waals surface area contributed by atoms with E-state index in [1.807, 2.05) is 0 Å². The highest BCUT2D eigenvalue weighted by Gasteiger charge is 2.41. The molecular formula is C18H26O2S. The lowest BCUT2D eigenvalue weighted by atomic mass is 9.82. The van der Waals surface area contributed by atoms with E-state index in [0.717, 1.165) is 25.2 Å². The van der Waals surface area contributed by atoms with Crippen LogP contribution in [0.15, 0.2) is 29.2 Å². The molecule has 3 rings (SSSR count). The van der Waals surface area contributed by atoms with Gasteiger partial charge < -0.3 is 9.84 Å². The first-order chi connectivity index (χ1) is 10.2. The van der Waals surface area contributed by atoms with Crippen LogP contribution in [0, 0.1) is 12.8 Å². The summed E-state index contributed by atoms with van der Waals surface area (Å²) in [6, 6.07) is 8.57. The first-order valence-electron chi connectivity index (χ1n) is 8.18. The number of thioether (sulfide) groups is 1.